The summed E-state index contributed by atoms with van der Waals surface area (Å²) in [4.78, 5) is 14.9. The highest BCUT2D eigenvalue weighted by atomic mass is 16.4. The maximum absolute atomic E-state index is 13.0. The van der Waals surface area contributed by atoms with E-state index in [1.165, 1.54) is 0 Å². The Hall–Kier alpha value is -2.01. The van der Waals surface area contributed by atoms with Crippen molar-refractivity contribution in [3.05, 3.63) is 47.3 Å². The summed E-state index contributed by atoms with van der Waals surface area (Å²) < 4.78 is 10.8. The molecule has 2 atom stereocenters. The predicted octanol–water partition coefficient (Wildman–Crippen LogP) is 4.00. The fourth-order valence-corrected chi connectivity index (χ4v) is 3.54. The zero-order chi connectivity index (χ0) is 17.1. The van der Waals surface area contributed by atoms with E-state index in [-0.39, 0.29) is 11.9 Å². The lowest BCUT2D eigenvalue weighted by Crippen LogP contribution is -2.41. The van der Waals surface area contributed by atoms with Crippen LogP contribution in [-0.4, -0.2) is 28.5 Å². The van der Waals surface area contributed by atoms with E-state index in [0.29, 0.717) is 23.5 Å². The first-order valence-electron chi connectivity index (χ1n) is 8.65. The van der Waals surface area contributed by atoms with Gasteiger partial charge < -0.3 is 18.8 Å². The van der Waals surface area contributed by atoms with Gasteiger partial charge in [-0.1, -0.05) is 12.8 Å². The molecule has 24 heavy (non-hydrogen) atoms. The number of likely N-dealkylation sites (tertiary alicyclic amines) is 1. The van der Waals surface area contributed by atoms with Crippen LogP contribution in [0.1, 0.15) is 65.8 Å². The average Bonchev–Trinajstić information content (AvgIpc) is 3.13. The molecule has 1 aliphatic rings. The highest BCUT2D eigenvalue weighted by molar-refractivity contribution is 5.95. The van der Waals surface area contributed by atoms with E-state index in [9.17, 15) is 9.90 Å². The van der Waals surface area contributed by atoms with Crippen LogP contribution in [0.25, 0.3) is 0 Å². The SMILES string of the molecule is Cc1cc(C(=O)N2CCCCCC2CC(O)c2ccco2)c(C)o1. The molecule has 2 unspecified atom stereocenters. The molecule has 130 valence electrons. The molecule has 1 saturated heterocycles. The highest BCUT2D eigenvalue weighted by Gasteiger charge is 2.30. The summed E-state index contributed by atoms with van der Waals surface area (Å²) in [5.41, 5.74) is 0.631. The molecule has 5 nitrogen and oxygen atoms in total. The van der Waals surface area contributed by atoms with E-state index < -0.39 is 6.10 Å². The summed E-state index contributed by atoms with van der Waals surface area (Å²) in [6, 6.07) is 5.36. The van der Waals surface area contributed by atoms with Gasteiger partial charge in [-0.2, -0.15) is 0 Å². The lowest BCUT2D eigenvalue weighted by Gasteiger charge is -2.31. The van der Waals surface area contributed by atoms with Gasteiger partial charge in [0.1, 0.15) is 23.4 Å². The van der Waals surface area contributed by atoms with Gasteiger partial charge in [-0.25, -0.2) is 0 Å². The Morgan fingerprint density at radius 3 is 2.88 bits per heavy atom. The Morgan fingerprint density at radius 2 is 2.21 bits per heavy atom. The van der Waals surface area contributed by atoms with E-state index in [1.54, 1.807) is 18.4 Å². The molecule has 1 fully saturated rings. The Kier molecular flexibility index (Phi) is 5.09. The Balaban J connectivity index is 1.79. The molecule has 0 saturated carbocycles. The molecule has 0 aliphatic carbocycles. The zero-order valence-electron chi connectivity index (χ0n) is 14.3. The van der Waals surface area contributed by atoms with Gasteiger partial charge in [-0.05, 0) is 44.9 Å². The summed E-state index contributed by atoms with van der Waals surface area (Å²) in [5.74, 6) is 1.97. The number of nitrogens with zero attached hydrogens (tertiary/aromatic N) is 1. The van der Waals surface area contributed by atoms with Crippen molar-refractivity contribution in [2.24, 2.45) is 0 Å². The van der Waals surface area contributed by atoms with Gasteiger partial charge in [0.15, 0.2) is 0 Å². The predicted molar refractivity (Wildman–Crippen MR) is 89.8 cm³/mol. The molecule has 2 aromatic heterocycles. The molecule has 5 heteroatoms. The van der Waals surface area contributed by atoms with Crippen molar-refractivity contribution in [3.63, 3.8) is 0 Å². The molecule has 2 aromatic rings. The van der Waals surface area contributed by atoms with E-state index in [0.717, 1.165) is 38.0 Å². The van der Waals surface area contributed by atoms with Crippen molar-refractivity contribution in [1.82, 2.24) is 4.90 Å². The molecule has 3 heterocycles. The van der Waals surface area contributed by atoms with Crippen molar-refractivity contribution in [3.8, 4) is 0 Å². The second kappa shape index (κ2) is 7.26. The van der Waals surface area contributed by atoms with Crippen LogP contribution in [0.2, 0.25) is 0 Å². The molecule has 1 amide bonds. The number of hydrogen-bond donors (Lipinski definition) is 1. The minimum absolute atomic E-state index is 0.00268. The number of carbonyl (C=O) groups excluding carboxylic acids is 1. The van der Waals surface area contributed by atoms with Crippen LogP contribution in [0.3, 0.4) is 0 Å². The van der Waals surface area contributed by atoms with Crippen LogP contribution < -0.4 is 0 Å². The van der Waals surface area contributed by atoms with Crippen molar-refractivity contribution < 1.29 is 18.7 Å². The third-order valence-electron chi connectivity index (χ3n) is 4.78. The molecule has 1 N–H and O–H groups in total. The molecule has 0 spiro atoms. The van der Waals surface area contributed by atoms with Gasteiger partial charge in [-0.3, -0.25) is 4.79 Å². The number of aliphatic hydroxyl groups excluding tert-OH is 1. The monoisotopic (exact) mass is 331 g/mol. The van der Waals surface area contributed by atoms with Crippen LogP contribution in [-0.2, 0) is 0 Å². The Bertz CT molecular complexity index is 674. The van der Waals surface area contributed by atoms with Gasteiger partial charge >= 0.3 is 0 Å². The summed E-state index contributed by atoms with van der Waals surface area (Å²) in [7, 11) is 0. The van der Waals surface area contributed by atoms with Gasteiger partial charge in [0.05, 0.1) is 11.8 Å². The van der Waals surface area contributed by atoms with Crippen LogP contribution in [0.5, 0.6) is 0 Å². The van der Waals surface area contributed by atoms with Gasteiger partial charge in [0.25, 0.3) is 5.91 Å². The normalized spacial score (nSPS) is 20.0. The van der Waals surface area contributed by atoms with Crippen molar-refractivity contribution in [1.29, 1.82) is 0 Å². The largest absolute Gasteiger partial charge is 0.467 e. The number of amides is 1. The molecular formula is C19H25NO4. The second-order valence-electron chi connectivity index (χ2n) is 6.60. The average molecular weight is 331 g/mol. The standard InChI is InChI=1S/C19H25NO4/c1-13-11-16(14(2)24-13)19(22)20-9-5-3-4-7-15(20)12-17(21)18-8-6-10-23-18/h6,8,10-11,15,17,21H,3-5,7,9,12H2,1-2H3. The van der Waals surface area contributed by atoms with Crippen LogP contribution in [0, 0.1) is 13.8 Å². The first kappa shape index (κ1) is 16.8. The minimum Gasteiger partial charge on any atom is -0.467 e. The maximum atomic E-state index is 13.0. The molecule has 1 aliphatic heterocycles. The van der Waals surface area contributed by atoms with Crippen LogP contribution >= 0.6 is 0 Å². The quantitative estimate of drug-likeness (QED) is 0.919. The zero-order valence-corrected chi connectivity index (χ0v) is 14.3. The number of carbonyl (C=O) groups is 1. The topological polar surface area (TPSA) is 66.8 Å². The van der Waals surface area contributed by atoms with E-state index in [1.807, 2.05) is 24.8 Å². The summed E-state index contributed by atoms with van der Waals surface area (Å²) >= 11 is 0. The second-order valence-corrected chi connectivity index (χ2v) is 6.60. The number of aliphatic hydroxyl groups is 1. The molecule has 0 radical (unpaired) electrons. The van der Waals surface area contributed by atoms with Crippen molar-refractivity contribution in [2.45, 2.75) is 58.1 Å². The smallest absolute Gasteiger partial charge is 0.257 e. The molecule has 0 aromatic carbocycles. The summed E-state index contributed by atoms with van der Waals surface area (Å²) in [5, 5.41) is 10.4. The van der Waals surface area contributed by atoms with Crippen LogP contribution in [0.4, 0.5) is 0 Å². The fourth-order valence-electron chi connectivity index (χ4n) is 3.54. The highest BCUT2D eigenvalue weighted by Crippen LogP contribution is 2.28. The van der Waals surface area contributed by atoms with Gasteiger partial charge in [0.2, 0.25) is 0 Å². The maximum Gasteiger partial charge on any atom is 0.257 e. The summed E-state index contributed by atoms with van der Waals surface area (Å²) in [6.45, 7) is 4.40. The molecular weight excluding hydrogens is 306 g/mol. The first-order valence-corrected chi connectivity index (χ1v) is 8.65. The first-order chi connectivity index (χ1) is 11.6. The van der Waals surface area contributed by atoms with Gasteiger partial charge in [-0.15, -0.1) is 0 Å². The number of hydrogen-bond acceptors (Lipinski definition) is 4. The van der Waals surface area contributed by atoms with Gasteiger partial charge in [0, 0.05) is 19.0 Å². The number of rotatable bonds is 4. The Labute approximate surface area is 142 Å². The van der Waals surface area contributed by atoms with Crippen molar-refractivity contribution in [2.75, 3.05) is 6.54 Å². The van der Waals surface area contributed by atoms with Crippen molar-refractivity contribution >= 4 is 5.91 Å². The Morgan fingerprint density at radius 1 is 1.38 bits per heavy atom. The molecule has 0 bridgehead atoms. The number of furan rings is 2. The lowest BCUT2D eigenvalue weighted by molar-refractivity contribution is 0.0556. The van der Waals surface area contributed by atoms with E-state index in [4.69, 9.17) is 8.83 Å². The third kappa shape index (κ3) is 3.56. The number of aryl methyl sites for hydroxylation is 2. The summed E-state index contributed by atoms with van der Waals surface area (Å²) in [6.07, 6.45) is 5.45. The lowest BCUT2D eigenvalue weighted by atomic mass is 10.0. The fraction of sp³-hybridized carbons (Fsp3) is 0.526. The third-order valence-corrected chi connectivity index (χ3v) is 4.78. The minimum atomic E-state index is -0.689. The van der Waals surface area contributed by atoms with E-state index >= 15 is 0 Å². The van der Waals surface area contributed by atoms with Crippen LogP contribution in [0.15, 0.2) is 33.3 Å². The van der Waals surface area contributed by atoms with E-state index in [2.05, 4.69) is 0 Å². The molecule has 3 rings (SSSR count).